The Balaban J connectivity index is 2.02. The van der Waals surface area contributed by atoms with Gasteiger partial charge in [-0.1, -0.05) is 12.1 Å². The summed E-state index contributed by atoms with van der Waals surface area (Å²) in [7, 11) is 0. The predicted octanol–water partition coefficient (Wildman–Crippen LogP) is 3.76. The summed E-state index contributed by atoms with van der Waals surface area (Å²) >= 11 is 0. The molecule has 4 aromatic rings. The highest BCUT2D eigenvalue weighted by atomic mass is 16.6. The van der Waals surface area contributed by atoms with Crippen molar-refractivity contribution < 1.29 is 9.66 Å². The molecule has 0 bridgehead atoms. The maximum absolute atomic E-state index is 11.2. The number of rotatable bonds is 3. The van der Waals surface area contributed by atoms with Crippen LogP contribution in [0.1, 0.15) is 11.1 Å². The molecular weight excluding hydrogens is 334 g/mol. The van der Waals surface area contributed by atoms with Gasteiger partial charge in [0.2, 0.25) is 11.6 Å². The van der Waals surface area contributed by atoms with E-state index in [1.165, 1.54) is 12.3 Å². The monoisotopic (exact) mass is 345 g/mol. The molecule has 3 aromatic heterocycles. The Morgan fingerprint density at radius 1 is 1.27 bits per heavy atom. The standard InChI is InChI=1S/C18H11N5O3/c1-11-9-16(26-15-7-4-8-20-18(15)23(24)25)22-14-6-3-2-5-13(14)21-17(22)12(11)10-19/h2-9H,1H3. The molecule has 0 radical (unpaired) electrons. The van der Waals surface area contributed by atoms with Crippen LogP contribution in [0.25, 0.3) is 16.7 Å². The summed E-state index contributed by atoms with van der Waals surface area (Å²) in [6.45, 7) is 1.77. The van der Waals surface area contributed by atoms with Gasteiger partial charge in [-0.25, -0.2) is 4.98 Å². The summed E-state index contributed by atoms with van der Waals surface area (Å²) in [5, 5.41) is 20.7. The van der Waals surface area contributed by atoms with Crippen LogP contribution in [-0.4, -0.2) is 19.3 Å². The summed E-state index contributed by atoms with van der Waals surface area (Å²) in [5.41, 5.74) is 2.96. The van der Waals surface area contributed by atoms with Gasteiger partial charge in [0.05, 0.1) is 16.6 Å². The molecular formula is C18H11N5O3. The molecule has 26 heavy (non-hydrogen) atoms. The molecule has 3 heterocycles. The third-order valence-corrected chi connectivity index (χ3v) is 3.99. The number of para-hydroxylation sites is 2. The van der Waals surface area contributed by atoms with Crippen molar-refractivity contribution in [1.82, 2.24) is 14.4 Å². The fourth-order valence-electron chi connectivity index (χ4n) is 2.84. The third-order valence-electron chi connectivity index (χ3n) is 3.99. The van der Waals surface area contributed by atoms with Crippen molar-refractivity contribution in [1.29, 1.82) is 5.26 Å². The summed E-state index contributed by atoms with van der Waals surface area (Å²) in [6.07, 6.45) is 1.33. The lowest BCUT2D eigenvalue weighted by molar-refractivity contribution is -0.390. The van der Waals surface area contributed by atoms with Crippen LogP contribution in [0.2, 0.25) is 0 Å². The van der Waals surface area contributed by atoms with Gasteiger partial charge in [-0.15, -0.1) is 0 Å². The zero-order valence-electron chi connectivity index (χ0n) is 13.6. The van der Waals surface area contributed by atoms with Gasteiger partial charge in [0.25, 0.3) is 0 Å². The Bertz CT molecular complexity index is 1220. The van der Waals surface area contributed by atoms with Crippen molar-refractivity contribution in [3.05, 3.63) is 69.9 Å². The first-order valence-corrected chi connectivity index (χ1v) is 7.68. The van der Waals surface area contributed by atoms with Crippen LogP contribution in [0, 0.1) is 28.4 Å². The number of aryl methyl sites for hydroxylation is 1. The largest absolute Gasteiger partial charge is 0.431 e. The van der Waals surface area contributed by atoms with Gasteiger partial charge >= 0.3 is 5.82 Å². The maximum atomic E-state index is 11.2. The first-order chi connectivity index (χ1) is 12.6. The van der Waals surface area contributed by atoms with Crippen molar-refractivity contribution in [2.45, 2.75) is 6.92 Å². The Kier molecular flexibility index (Phi) is 3.48. The van der Waals surface area contributed by atoms with Crippen LogP contribution < -0.4 is 4.74 Å². The van der Waals surface area contributed by atoms with Crippen molar-refractivity contribution in [3.8, 4) is 17.7 Å². The summed E-state index contributed by atoms with van der Waals surface area (Å²) < 4.78 is 7.52. The molecule has 0 aliphatic heterocycles. The number of nitro groups is 1. The molecule has 0 fully saturated rings. The number of fused-ring (bicyclic) bond motifs is 3. The predicted molar refractivity (Wildman–Crippen MR) is 93.1 cm³/mol. The van der Waals surface area contributed by atoms with E-state index in [4.69, 9.17) is 4.74 Å². The topological polar surface area (TPSA) is 106 Å². The molecule has 0 atom stereocenters. The minimum Gasteiger partial charge on any atom is -0.431 e. The van der Waals surface area contributed by atoms with Crippen LogP contribution in [0.15, 0.2) is 48.7 Å². The lowest BCUT2D eigenvalue weighted by Gasteiger charge is -2.11. The maximum Gasteiger partial charge on any atom is 0.406 e. The van der Waals surface area contributed by atoms with E-state index in [1.54, 1.807) is 23.5 Å². The van der Waals surface area contributed by atoms with E-state index >= 15 is 0 Å². The van der Waals surface area contributed by atoms with E-state index in [9.17, 15) is 15.4 Å². The lowest BCUT2D eigenvalue weighted by atomic mass is 10.1. The van der Waals surface area contributed by atoms with Gasteiger partial charge < -0.3 is 14.9 Å². The van der Waals surface area contributed by atoms with Crippen molar-refractivity contribution in [2.75, 3.05) is 0 Å². The molecule has 0 aliphatic rings. The van der Waals surface area contributed by atoms with E-state index in [0.717, 1.165) is 5.52 Å². The van der Waals surface area contributed by atoms with Crippen LogP contribution in [0.5, 0.6) is 11.6 Å². The molecule has 126 valence electrons. The Morgan fingerprint density at radius 3 is 2.85 bits per heavy atom. The highest BCUT2D eigenvalue weighted by molar-refractivity contribution is 5.83. The molecule has 8 nitrogen and oxygen atoms in total. The average molecular weight is 345 g/mol. The first-order valence-electron chi connectivity index (χ1n) is 7.68. The number of nitrogens with zero attached hydrogens (tertiary/aromatic N) is 5. The molecule has 0 amide bonds. The number of nitriles is 1. The first kappa shape index (κ1) is 15.5. The molecule has 0 saturated heterocycles. The van der Waals surface area contributed by atoms with E-state index < -0.39 is 4.92 Å². The summed E-state index contributed by atoms with van der Waals surface area (Å²) in [6, 6.07) is 14.2. The molecule has 0 saturated carbocycles. The van der Waals surface area contributed by atoms with E-state index in [0.29, 0.717) is 28.2 Å². The summed E-state index contributed by atoms with van der Waals surface area (Å²) in [5.74, 6) is -0.0472. The van der Waals surface area contributed by atoms with Crippen molar-refractivity contribution in [2.24, 2.45) is 0 Å². The zero-order valence-corrected chi connectivity index (χ0v) is 13.6. The number of hydrogen-bond acceptors (Lipinski definition) is 6. The number of imidazole rings is 1. The number of aromatic nitrogens is 3. The highest BCUT2D eigenvalue weighted by Crippen LogP contribution is 2.33. The molecule has 0 aliphatic carbocycles. The molecule has 1 aromatic carbocycles. The van der Waals surface area contributed by atoms with Gasteiger partial charge in [-0.3, -0.25) is 4.40 Å². The quantitative estimate of drug-likeness (QED) is 0.413. The fraction of sp³-hybridized carbons (Fsp3) is 0.0556. The van der Waals surface area contributed by atoms with Crippen LogP contribution in [0.3, 0.4) is 0 Å². The number of ether oxygens (including phenoxy) is 1. The Hall–Kier alpha value is -3.99. The molecule has 0 unspecified atom stereocenters. The number of pyridine rings is 2. The molecule has 8 heteroatoms. The third kappa shape index (κ3) is 2.31. The smallest absolute Gasteiger partial charge is 0.406 e. The number of benzene rings is 1. The van der Waals surface area contributed by atoms with Gasteiger partial charge in [-0.2, -0.15) is 5.26 Å². The van der Waals surface area contributed by atoms with Crippen LogP contribution in [-0.2, 0) is 0 Å². The van der Waals surface area contributed by atoms with Crippen LogP contribution >= 0.6 is 0 Å². The second kappa shape index (κ2) is 5.82. The van der Waals surface area contributed by atoms with E-state index in [-0.39, 0.29) is 11.6 Å². The van der Waals surface area contributed by atoms with Crippen LogP contribution in [0.4, 0.5) is 5.82 Å². The highest BCUT2D eigenvalue weighted by Gasteiger charge is 2.20. The fourth-order valence-corrected chi connectivity index (χ4v) is 2.84. The summed E-state index contributed by atoms with van der Waals surface area (Å²) in [4.78, 5) is 18.9. The number of hydrogen-bond donors (Lipinski definition) is 0. The lowest BCUT2D eigenvalue weighted by Crippen LogP contribution is -2.01. The molecule has 0 N–H and O–H groups in total. The van der Waals surface area contributed by atoms with Gasteiger partial charge in [0.1, 0.15) is 12.3 Å². The van der Waals surface area contributed by atoms with Gasteiger partial charge in [0, 0.05) is 6.07 Å². The Labute approximate surface area is 147 Å². The minimum atomic E-state index is -0.602. The molecule has 0 spiro atoms. The second-order valence-electron chi connectivity index (χ2n) is 5.60. The normalized spacial score (nSPS) is 10.8. The van der Waals surface area contributed by atoms with Crippen molar-refractivity contribution in [3.63, 3.8) is 0 Å². The Morgan fingerprint density at radius 2 is 2.08 bits per heavy atom. The zero-order chi connectivity index (χ0) is 18.3. The van der Waals surface area contributed by atoms with Gasteiger partial charge in [-0.05, 0) is 46.7 Å². The van der Waals surface area contributed by atoms with E-state index in [1.807, 2.05) is 24.3 Å². The second-order valence-corrected chi connectivity index (χ2v) is 5.60. The minimum absolute atomic E-state index is 0.0145. The molecule has 4 rings (SSSR count). The van der Waals surface area contributed by atoms with Gasteiger partial charge in [0.15, 0.2) is 5.65 Å². The van der Waals surface area contributed by atoms with Crippen molar-refractivity contribution >= 4 is 22.5 Å². The average Bonchev–Trinajstić information content (AvgIpc) is 3.01. The van der Waals surface area contributed by atoms with E-state index in [2.05, 4.69) is 16.0 Å². The SMILES string of the molecule is Cc1cc(Oc2cccnc2[N+](=O)[O-])n2c(nc3ccccc32)c1C#N.